The van der Waals surface area contributed by atoms with Crippen LogP contribution in [0.2, 0.25) is 0 Å². The second kappa shape index (κ2) is 20.2. The fourth-order valence-corrected chi connectivity index (χ4v) is 15.6. The number of para-hydroxylation sites is 4. The maximum absolute atomic E-state index is 2.63. The number of nitrogens with zero attached hydrogens (tertiary/aromatic N) is 4. The van der Waals surface area contributed by atoms with Gasteiger partial charge in [0.15, 0.2) is 0 Å². The molecule has 3 aromatic heterocycles. The molecule has 0 amide bonds. The molecule has 4 nitrogen and oxygen atoms in total. The molecular weight excluding hydrogens is 1120 g/mol. The third-order valence-electron chi connectivity index (χ3n) is 20.6. The minimum Gasteiger partial charge on any atom is -0.311 e. The van der Waals surface area contributed by atoms with Crippen molar-refractivity contribution in [3.63, 3.8) is 0 Å². The van der Waals surface area contributed by atoms with Crippen LogP contribution in [0.1, 0.15) is 105 Å². The molecule has 0 atom stereocenters. The Balaban J connectivity index is 0.958. The number of benzene rings is 12. The van der Waals surface area contributed by atoms with Crippen LogP contribution in [0, 0.1) is 0 Å². The van der Waals surface area contributed by atoms with Crippen LogP contribution in [-0.2, 0) is 21.7 Å². The highest BCUT2D eigenvalue weighted by molar-refractivity contribution is 7.00. The van der Waals surface area contributed by atoms with Crippen LogP contribution < -0.4 is 26.2 Å². The number of hydrogen-bond acceptors (Lipinski definition) is 2. The van der Waals surface area contributed by atoms with Crippen LogP contribution in [0.3, 0.4) is 0 Å². The quantitative estimate of drug-likeness (QED) is 0.154. The van der Waals surface area contributed by atoms with Crippen LogP contribution in [0.5, 0.6) is 0 Å². The second-order valence-electron chi connectivity index (χ2n) is 30.7. The van der Waals surface area contributed by atoms with Crippen LogP contribution in [0.4, 0.5) is 34.1 Å². The number of fused-ring (bicyclic) bond motifs is 13. The standard InChI is InChI=1S/C88H77BN4/c1-85(2,3)60-34-39-66(40-35-60)91-79-43-36-61(86(4,5)6)53-74(79)89-73-41-32-56(58-47-71-68-25-17-20-28-76(68)93-77-29-21-18-26-69(77)72(48-58)84(71)93)49-80(73)92(65-37-30-54(31-38-65)57-44-62(87(7,8)9)52-63(45-57)88(10,11)12)82-51-59(50-81(91)83(82)89)55-33-42-78-70(46-55)67-24-16-19-27-75(67)90(78)64-22-14-13-15-23-64/h13-53H,1-12H3. The van der Waals surface area contributed by atoms with Crippen LogP contribution in [0.25, 0.3) is 99.0 Å². The first kappa shape index (κ1) is 56.9. The van der Waals surface area contributed by atoms with E-state index >= 15 is 0 Å². The van der Waals surface area contributed by atoms with E-state index < -0.39 is 0 Å². The van der Waals surface area contributed by atoms with Gasteiger partial charge in [-0.3, -0.25) is 0 Å². The molecule has 2 aliphatic rings. The van der Waals surface area contributed by atoms with Gasteiger partial charge in [0.2, 0.25) is 0 Å². The molecule has 0 radical (unpaired) electrons. The maximum atomic E-state index is 2.63. The first-order valence-electron chi connectivity index (χ1n) is 33.3. The van der Waals surface area contributed by atoms with E-state index in [-0.39, 0.29) is 28.4 Å². The Morgan fingerprint density at radius 3 is 1.29 bits per heavy atom. The summed E-state index contributed by atoms with van der Waals surface area (Å²) in [5.41, 5.74) is 30.5. The molecule has 0 unspecified atom stereocenters. The molecule has 15 aromatic rings. The molecular formula is C88H77BN4. The summed E-state index contributed by atoms with van der Waals surface area (Å²) in [7, 11) is 0. The average molecular weight is 1200 g/mol. The lowest BCUT2D eigenvalue weighted by molar-refractivity contribution is 0.569. The summed E-state index contributed by atoms with van der Waals surface area (Å²) in [6, 6.07) is 95.9. The van der Waals surface area contributed by atoms with Gasteiger partial charge in [0.25, 0.3) is 6.71 Å². The van der Waals surface area contributed by atoms with Crippen molar-refractivity contribution in [2.45, 2.75) is 105 Å². The fourth-order valence-electron chi connectivity index (χ4n) is 15.6. The monoisotopic (exact) mass is 1200 g/mol. The Hall–Kier alpha value is -10.1. The SMILES string of the molecule is CC(C)(C)c1ccc(N2c3ccc(C(C)(C)C)cc3B3c4ccc(-c5cc6c7ccccc7n7c8ccccc8c(c5)c67)cc4N(c4ccc(-c5cc(C(C)(C)C)cc(C(C)(C)C)c5)cc4)c4cc(-c5ccc6c(c5)c5ccccc5n6-c5ccccc5)cc2c43)cc1. The summed E-state index contributed by atoms with van der Waals surface area (Å²) in [5.74, 6) is 0. The van der Waals surface area contributed by atoms with Crippen molar-refractivity contribution in [2.24, 2.45) is 0 Å². The largest absolute Gasteiger partial charge is 0.311 e. The second-order valence-corrected chi connectivity index (χ2v) is 30.7. The molecule has 0 fully saturated rings. The van der Waals surface area contributed by atoms with Crippen molar-refractivity contribution in [3.05, 3.63) is 271 Å². The minimum atomic E-state index is -0.0988. The third-order valence-corrected chi connectivity index (χ3v) is 20.6. The number of rotatable bonds is 6. The first-order valence-corrected chi connectivity index (χ1v) is 33.3. The normalized spacial score (nSPS) is 13.5. The van der Waals surface area contributed by atoms with E-state index in [1.165, 1.54) is 149 Å². The van der Waals surface area contributed by atoms with Gasteiger partial charge in [-0.15, -0.1) is 0 Å². The van der Waals surface area contributed by atoms with Gasteiger partial charge in [0.05, 0.1) is 27.6 Å². The van der Waals surface area contributed by atoms with Gasteiger partial charge in [-0.2, -0.15) is 0 Å². The van der Waals surface area contributed by atoms with E-state index in [2.05, 4.69) is 351 Å². The molecule has 17 rings (SSSR count). The van der Waals surface area contributed by atoms with Gasteiger partial charge >= 0.3 is 0 Å². The van der Waals surface area contributed by atoms with Crippen LogP contribution >= 0.6 is 0 Å². The fraction of sp³-hybridized carbons (Fsp3) is 0.182. The lowest BCUT2D eigenvalue weighted by Crippen LogP contribution is -2.61. The molecule has 452 valence electrons. The summed E-state index contributed by atoms with van der Waals surface area (Å²) < 4.78 is 4.91. The summed E-state index contributed by atoms with van der Waals surface area (Å²) in [4.78, 5) is 5.22. The smallest absolute Gasteiger partial charge is 0.252 e. The summed E-state index contributed by atoms with van der Waals surface area (Å²) in [6.45, 7) is 27.9. The molecule has 12 aromatic carbocycles. The number of hydrogen-bond donors (Lipinski definition) is 0. The zero-order valence-electron chi connectivity index (χ0n) is 55.5. The molecule has 0 aliphatic carbocycles. The Morgan fingerprint density at radius 2 is 0.699 bits per heavy atom. The van der Waals surface area contributed by atoms with Gasteiger partial charge in [0.1, 0.15) is 0 Å². The summed E-state index contributed by atoms with van der Waals surface area (Å²) in [6.07, 6.45) is 0. The predicted molar refractivity (Wildman–Crippen MR) is 401 cm³/mol. The summed E-state index contributed by atoms with van der Waals surface area (Å²) >= 11 is 0. The average Bonchev–Trinajstić information content (AvgIpc) is 1.08. The maximum Gasteiger partial charge on any atom is 0.252 e. The lowest BCUT2D eigenvalue weighted by Gasteiger charge is -2.45. The van der Waals surface area contributed by atoms with Crippen LogP contribution in [0.15, 0.2) is 249 Å². The zero-order valence-corrected chi connectivity index (χ0v) is 55.5. The van der Waals surface area contributed by atoms with Gasteiger partial charge in [0, 0.05) is 72.1 Å². The molecule has 2 aliphatic heterocycles. The first-order chi connectivity index (χ1) is 44.6. The zero-order chi connectivity index (χ0) is 63.8. The lowest BCUT2D eigenvalue weighted by atomic mass is 9.33. The molecule has 0 saturated carbocycles. The topological polar surface area (TPSA) is 15.8 Å². The van der Waals surface area contributed by atoms with Crippen molar-refractivity contribution in [2.75, 3.05) is 9.80 Å². The highest BCUT2D eigenvalue weighted by Crippen LogP contribution is 2.50. The Morgan fingerprint density at radius 1 is 0.258 bits per heavy atom. The molecule has 0 spiro atoms. The van der Waals surface area contributed by atoms with Crippen molar-refractivity contribution in [1.82, 2.24) is 8.97 Å². The number of aromatic nitrogens is 2. The Bertz CT molecular complexity index is 5420. The molecule has 5 heteroatoms. The van der Waals surface area contributed by atoms with E-state index in [0.717, 1.165) is 22.6 Å². The van der Waals surface area contributed by atoms with E-state index in [1.807, 2.05) is 0 Å². The van der Waals surface area contributed by atoms with Crippen molar-refractivity contribution in [1.29, 1.82) is 0 Å². The predicted octanol–water partition coefficient (Wildman–Crippen LogP) is 22.2. The highest BCUT2D eigenvalue weighted by Gasteiger charge is 2.45. The van der Waals surface area contributed by atoms with E-state index in [9.17, 15) is 0 Å². The molecule has 0 bridgehead atoms. The van der Waals surface area contributed by atoms with E-state index in [1.54, 1.807) is 0 Å². The van der Waals surface area contributed by atoms with Crippen molar-refractivity contribution >= 4 is 117 Å². The third kappa shape index (κ3) is 8.94. The van der Waals surface area contributed by atoms with Crippen LogP contribution in [-0.4, -0.2) is 15.7 Å². The van der Waals surface area contributed by atoms with E-state index in [4.69, 9.17) is 0 Å². The summed E-state index contributed by atoms with van der Waals surface area (Å²) in [5, 5.41) is 7.56. The van der Waals surface area contributed by atoms with Gasteiger partial charge in [-0.05, 0) is 197 Å². The molecule has 0 N–H and O–H groups in total. The van der Waals surface area contributed by atoms with Crippen molar-refractivity contribution < 1.29 is 0 Å². The molecule has 93 heavy (non-hydrogen) atoms. The number of anilines is 6. The van der Waals surface area contributed by atoms with E-state index in [0.29, 0.717) is 0 Å². The van der Waals surface area contributed by atoms with Gasteiger partial charge in [-0.25, -0.2) is 0 Å². The highest BCUT2D eigenvalue weighted by atomic mass is 15.2. The molecule has 0 saturated heterocycles. The molecule has 5 heterocycles. The van der Waals surface area contributed by atoms with Gasteiger partial charge < -0.3 is 18.8 Å². The Labute approximate surface area is 547 Å². The Kier molecular flexibility index (Phi) is 12.4. The van der Waals surface area contributed by atoms with Gasteiger partial charge in [-0.1, -0.05) is 229 Å². The minimum absolute atomic E-state index is 0.0117. The van der Waals surface area contributed by atoms with Crippen molar-refractivity contribution in [3.8, 4) is 39.1 Å².